The molecule has 18 heavy (non-hydrogen) atoms. The number of hydrogen-bond acceptors (Lipinski definition) is 6. The van der Waals surface area contributed by atoms with Crippen LogP contribution in [0.15, 0.2) is 18.2 Å². The fourth-order valence-corrected chi connectivity index (χ4v) is 1.66. The van der Waals surface area contributed by atoms with E-state index >= 15 is 0 Å². The van der Waals surface area contributed by atoms with Crippen LogP contribution in [0.3, 0.4) is 0 Å². The summed E-state index contributed by atoms with van der Waals surface area (Å²) in [7, 11) is 1.92. The van der Waals surface area contributed by atoms with E-state index in [-0.39, 0.29) is 5.92 Å². The molecule has 0 spiro atoms. The van der Waals surface area contributed by atoms with Gasteiger partial charge in [0.1, 0.15) is 17.6 Å². The standard InChI is InChI=1S/C11H13N7/c1-8(11-14-16-17-15-11)7-18(2)10-5-3-4-9(6-12)13-10/h3-5,8H,7H2,1-2H3,(H,14,15,16,17). The topological polar surface area (TPSA) is 94.4 Å². The number of nitrogens with one attached hydrogen (secondary N) is 1. The minimum atomic E-state index is 0.126. The molecule has 0 aliphatic carbocycles. The van der Waals surface area contributed by atoms with Gasteiger partial charge in [0, 0.05) is 19.5 Å². The summed E-state index contributed by atoms with van der Waals surface area (Å²) in [6, 6.07) is 7.39. The van der Waals surface area contributed by atoms with Crippen molar-refractivity contribution in [1.29, 1.82) is 5.26 Å². The Hall–Kier alpha value is -2.49. The molecule has 0 saturated carbocycles. The lowest BCUT2D eigenvalue weighted by Crippen LogP contribution is -2.24. The molecule has 1 atom stereocenters. The van der Waals surface area contributed by atoms with Gasteiger partial charge in [0.05, 0.1) is 0 Å². The van der Waals surface area contributed by atoms with Crippen LogP contribution in [0, 0.1) is 11.3 Å². The fourth-order valence-electron chi connectivity index (χ4n) is 1.66. The first-order valence-electron chi connectivity index (χ1n) is 5.52. The Morgan fingerprint density at radius 1 is 1.50 bits per heavy atom. The molecule has 92 valence electrons. The monoisotopic (exact) mass is 243 g/mol. The number of anilines is 1. The molecule has 2 heterocycles. The zero-order chi connectivity index (χ0) is 13.0. The van der Waals surface area contributed by atoms with Gasteiger partial charge in [-0.3, -0.25) is 0 Å². The second kappa shape index (κ2) is 5.23. The molecule has 0 saturated heterocycles. The van der Waals surface area contributed by atoms with Gasteiger partial charge in [0.15, 0.2) is 5.82 Å². The van der Waals surface area contributed by atoms with Gasteiger partial charge in [-0.25, -0.2) is 4.98 Å². The highest BCUT2D eigenvalue weighted by atomic mass is 15.5. The SMILES string of the molecule is CC(CN(C)c1cccc(C#N)n1)c1nn[nH]n1. The number of nitrogens with zero attached hydrogens (tertiary/aromatic N) is 6. The van der Waals surface area contributed by atoms with Crippen LogP contribution in [-0.4, -0.2) is 39.2 Å². The largest absolute Gasteiger partial charge is 0.359 e. The summed E-state index contributed by atoms with van der Waals surface area (Å²) in [6.07, 6.45) is 0. The van der Waals surface area contributed by atoms with Crippen LogP contribution in [-0.2, 0) is 0 Å². The highest BCUT2D eigenvalue weighted by Gasteiger charge is 2.14. The molecule has 0 aliphatic heterocycles. The van der Waals surface area contributed by atoms with Crippen LogP contribution in [0.1, 0.15) is 24.4 Å². The van der Waals surface area contributed by atoms with Crippen LogP contribution in [0.4, 0.5) is 5.82 Å². The lowest BCUT2D eigenvalue weighted by molar-refractivity contribution is 0.682. The van der Waals surface area contributed by atoms with Crippen molar-refractivity contribution in [2.45, 2.75) is 12.8 Å². The fraction of sp³-hybridized carbons (Fsp3) is 0.364. The quantitative estimate of drug-likeness (QED) is 0.849. The van der Waals surface area contributed by atoms with Gasteiger partial charge in [-0.05, 0) is 12.1 Å². The first kappa shape index (κ1) is 12.0. The molecule has 1 N–H and O–H groups in total. The minimum absolute atomic E-state index is 0.126. The molecule has 2 aromatic rings. The number of hydrogen-bond donors (Lipinski definition) is 1. The number of H-pyrrole nitrogens is 1. The maximum absolute atomic E-state index is 8.81. The molecule has 0 fully saturated rings. The number of aromatic nitrogens is 5. The summed E-state index contributed by atoms with van der Waals surface area (Å²) >= 11 is 0. The minimum Gasteiger partial charge on any atom is -0.359 e. The van der Waals surface area contributed by atoms with Gasteiger partial charge in [-0.15, -0.1) is 10.2 Å². The number of likely N-dealkylation sites (N-methyl/N-ethyl adjacent to an activating group) is 1. The van der Waals surface area contributed by atoms with E-state index in [1.165, 1.54) is 0 Å². The van der Waals surface area contributed by atoms with E-state index in [0.717, 1.165) is 5.82 Å². The number of rotatable bonds is 4. The average Bonchev–Trinajstić information content (AvgIpc) is 2.92. The van der Waals surface area contributed by atoms with Gasteiger partial charge < -0.3 is 4.90 Å². The zero-order valence-electron chi connectivity index (χ0n) is 10.2. The van der Waals surface area contributed by atoms with Gasteiger partial charge >= 0.3 is 0 Å². The van der Waals surface area contributed by atoms with Crippen molar-refractivity contribution in [3.8, 4) is 6.07 Å². The highest BCUT2D eigenvalue weighted by molar-refractivity contribution is 5.41. The summed E-state index contributed by atoms with van der Waals surface area (Å²) < 4.78 is 0. The molecule has 0 amide bonds. The molecule has 0 aliphatic rings. The van der Waals surface area contributed by atoms with Crippen LogP contribution >= 0.6 is 0 Å². The van der Waals surface area contributed by atoms with E-state index in [4.69, 9.17) is 5.26 Å². The Labute approximate surface area is 104 Å². The maximum Gasteiger partial charge on any atom is 0.179 e. The summed E-state index contributed by atoms with van der Waals surface area (Å²) in [5.41, 5.74) is 0.409. The molecular weight excluding hydrogens is 230 g/mol. The third-order valence-corrected chi connectivity index (χ3v) is 2.59. The average molecular weight is 243 g/mol. The van der Waals surface area contributed by atoms with Gasteiger partial charge in [0.2, 0.25) is 0 Å². The van der Waals surface area contributed by atoms with Gasteiger partial charge in [0.25, 0.3) is 0 Å². The summed E-state index contributed by atoms with van der Waals surface area (Å²) in [6.45, 7) is 2.71. The lowest BCUT2D eigenvalue weighted by atomic mass is 10.1. The molecule has 0 aromatic carbocycles. The van der Waals surface area contributed by atoms with Crippen molar-refractivity contribution >= 4 is 5.82 Å². The summed E-state index contributed by atoms with van der Waals surface area (Å²) in [5.74, 6) is 1.55. The number of nitriles is 1. The predicted octanol–water partition coefficient (Wildman–Crippen LogP) is 0.706. The Bertz CT molecular complexity index is 543. The molecular formula is C11H13N7. The van der Waals surface area contributed by atoms with E-state index < -0.39 is 0 Å². The molecule has 1 unspecified atom stereocenters. The Balaban J connectivity index is 2.07. The van der Waals surface area contributed by atoms with Crippen LogP contribution in [0.25, 0.3) is 0 Å². The molecule has 2 aromatic heterocycles. The van der Waals surface area contributed by atoms with E-state index in [1.807, 2.05) is 37.1 Å². The Morgan fingerprint density at radius 3 is 3.00 bits per heavy atom. The molecule has 7 nitrogen and oxygen atoms in total. The maximum atomic E-state index is 8.81. The van der Waals surface area contributed by atoms with Crippen LogP contribution in [0.5, 0.6) is 0 Å². The van der Waals surface area contributed by atoms with Crippen molar-refractivity contribution in [1.82, 2.24) is 25.6 Å². The smallest absolute Gasteiger partial charge is 0.179 e. The zero-order valence-corrected chi connectivity index (χ0v) is 10.2. The highest BCUT2D eigenvalue weighted by Crippen LogP contribution is 2.15. The normalized spacial score (nSPS) is 11.8. The summed E-state index contributed by atoms with van der Waals surface area (Å²) in [5, 5.41) is 22.7. The van der Waals surface area contributed by atoms with E-state index in [1.54, 1.807) is 6.07 Å². The second-order valence-electron chi connectivity index (χ2n) is 4.04. The van der Waals surface area contributed by atoms with E-state index in [9.17, 15) is 0 Å². The van der Waals surface area contributed by atoms with Crippen molar-refractivity contribution in [3.05, 3.63) is 29.7 Å². The molecule has 0 bridgehead atoms. The molecule has 0 radical (unpaired) electrons. The third-order valence-electron chi connectivity index (χ3n) is 2.59. The third kappa shape index (κ3) is 2.60. The van der Waals surface area contributed by atoms with E-state index in [2.05, 4.69) is 25.6 Å². The molecule has 2 rings (SSSR count). The lowest BCUT2D eigenvalue weighted by Gasteiger charge is -2.20. The van der Waals surface area contributed by atoms with Crippen molar-refractivity contribution < 1.29 is 0 Å². The number of aromatic amines is 1. The first-order valence-corrected chi connectivity index (χ1v) is 5.52. The van der Waals surface area contributed by atoms with Crippen LogP contribution < -0.4 is 4.90 Å². The van der Waals surface area contributed by atoms with Crippen LogP contribution in [0.2, 0.25) is 0 Å². The van der Waals surface area contributed by atoms with Gasteiger partial charge in [-0.2, -0.15) is 10.5 Å². The molecule has 7 heteroatoms. The predicted molar refractivity (Wildman–Crippen MR) is 64.8 cm³/mol. The van der Waals surface area contributed by atoms with E-state index in [0.29, 0.717) is 18.1 Å². The van der Waals surface area contributed by atoms with Crippen molar-refractivity contribution in [2.24, 2.45) is 0 Å². The van der Waals surface area contributed by atoms with Gasteiger partial charge in [-0.1, -0.05) is 18.2 Å². The summed E-state index contributed by atoms with van der Waals surface area (Å²) in [4.78, 5) is 6.19. The first-order chi connectivity index (χ1) is 8.70. The van der Waals surface area contributed by atoms with Crippen molar-refractivity contribution in [2.75, 3.05) is 18.5 Å². The second-order valence-corrected chi connectivity index (χ2v) is 4.04. The Morgan fingerprint density at radius 2 is 2.33 bits per heavy atom. The van der Waals surface area contributed by atoms with Crippen molar-refractivity contribution in [3.63, 3.8) is 0 Å². The number of tetrazole rings is 1. The number of pyridine rings is 1. The Kier molecular flexibility index (Phi) is 3.48.